The largest absolute Gasteiger partial charge is 0.504 e. The highest BCUT2D eigenvalue weighted by molar-refractivity contribution is 7.22. The SMILES string of the molecule is O=Cc1cc(-c2cc3ccccc3s2)cc(F)c1O. The van der Waals surface area contributed by atoms with Crippen LogP contribution < -0.4 is 0 Å². The van der Waals surface area contributed by atoms with Crippen molar-refractivity contribution in [2.45, 2.75) is 0 Å². The Morgan fingerprint density at radius 3 is 2.68 bits per heavy atom. The lowest BCUT2D eigenvalue weighted by molar-refractivity contribution is 0.112. The van der Waals surface area contributed by atoms with Gasteiger partial charge < -0.3 is 5.11 Å². The lowest BCUT2D eigenvalue weighted by atomic mass is 10.1. The summed E-state index contributed by atoms with van der Waals surface area (Å²) in [7, 11) is 0. The lowest BCUT2D eigenvalue weighted by Crippen LogP contribution is -1.87. The molecule has 0 aliphatic heterocycles. The third kappa shape index (κ3) is 2.00. The Bertz CT molecular complexity index is 744. The van der Waals surface area contributed by atoms with E-state index in [1.165, 1.54) is 23.5 Å². The van der Waals surface area contributed by atoms with E-state index in [-0.39, 0.29) is 5.56 Å². The van der Waals surface area contributed by atoms with Crippen molar-refractivity contribution in [1.29, 1.82) is 0 Å². The maximum absolute atomic E-state index is 13.6. The predicted octanol–water partition coefficient (Wildman–Crippen LogP) is 4.23. The number of rotatable bonds is 2. The molecule has 2 aromatic carbocycles. The van der Waals surface area contributed by atoms with Crippen LogP contribution in [0, 0.1) is 5.82 Å². The van der Waals surface area contributed by atoms with Crippen LogP contribution in [-0.4, -0.2) is 11.4 Å². The van der Waals surface area contributed by atoms with Crippen molar-refractivity contribution in [2.24, 2.45) is 0 Å². The standard InChI is InChI=1S/C15H9FO2S/c16-12-6-10(5-11(8-17)15(12)18)14-7-9-3-1-2-4-13(9)19-14/h1-8,18H. The molecule has 0 fully saturated rings. The van der Waals surface area contributed by atoms with Crippen LogP contribution in [-0.2, 0) is 0 Å². The van der Waals surface area contributed by atoms with Gasteiger partial charge in [-0.2, -0.15) is 0 Å². The number of thiophene rings is 1. The number of benzene rings is 2. The molecule has 0 spiro atoms. The summed E-state index contributed by atoms with van der Waals surface area (Å²) in [6.45, 7) is 0. The van der Waals surface area contributed by atoms with Gasteiger partial charge in [0, 0.05) is 9.58 Å². The molecule has 3 rings (SSSR count). The maximum Gasteiger partial charge on any atom is 0.166 e. The average Bonchev–Trinajstić information content (AvgIpc) is 2.85. The molecule has 2 nitrogen and oxygen atoms in total. The van der Waals surface area contributed by atoms with Crippen molar-refractivity contribution in [3.05, 3.63) is 53.8 Å². The molecule has 0 saturated heterocycles. The van der Waals surface area contributed by atoms with Crippen molar-refractivity contribution in [2.75, 3.05) is 0 Å². The van der Waals surface area contributed by atoms with Gasteiger partial charge in [0.1, 0.15) is 0 Å². The fourth-order valence-corrected chi connectivity index (χ4v) is 3.03. The van der Waals surface area contributed by atoms with Crippen molar-refractivity contribution < 1.29 is 14.3 Å². The number of halogens is 1. The molecule has 1 N–H and O–H groups in total. The Morgan fingerprint density at radius 2 is 1.95 bits per heavy atom. The van der Waals surface area contributed by atoms with Crippen LogP contribution in [0.15, 0.2) is 42.5 Å². The number of carbonyl (C=O) groups excluding carboxylic acids is 1. The molecule has 4 heteroatoms. The van der Waals surface area contributed by atoms with Crippen LogP contribution in [0.25, 0.3) is 20.5 Å². The predicted molar refractivity (Wildman–Crippen MR) is 74.3 cm³/mol. The minimum Gasteiger partial charge on any atom is -0.504 e. The third-order valence-electron chi connectivity index (χ3n) is 2.93. The minimum absolute atomic E-state index is 0.0348. The van der Waals surface area contributed by atoms with E-state index in [1.54, 1.807) is 0 Å². The number of fused-ring (bicyclic) bond motifs is 1. The first kappa shape index (κ1) is 11.9. The summed E-state index contributed by atoms with van der Waals surface area (Å²) in [5.41, 5.74) is 0.561. The zero-order valence-electron chi connectivity index (χ0n) is 9.76. The highest BCUT2D eigenvalue weighted by atomic mass is 32.1. The van der Waals surface area contributed by atoms with Gasteiger partial charge in [-0.3, -0.25) is 4.79 Å². The van der Waals surface area contributed by atoms with E-state index in [4.69, 9.17) is 0 Å². The Hall–Kier alpha value is -2.20. The summed E-state index contributed by atoms with van der Waals surface area (Å²) in [6, 6.07) is 12.5. The van der Waals surface area contributed by atoms with Gasteiger partial charge in [0.2, 0.25) is 0 Å². The molecule has 0 saturated carbocycles. The lowest BCUT2D eigenvalue weighted by Gasteiger charge is -2.03. The second-order valence-corrected chi connectivity index (χ2v) is 5.25. The summed E-state index contributed by atoms with van der Waals surface area (Å²) < 4.78 is 14.7. The fraction of sp³-hybridized carbons (Fsp3) is 0. The van der Waals surface area contributed by atoms with Crippen molar-refractivity contribution >= 4 is 27.7 Å². The van der Waals surface area contributed by atoms with Crippen LogP contribution in [0.3, 0.4) is 0 Å². The van der Waals surface area contributed by atoms with E-state index in [1.807, 2.05) is 30.3 Å². The number of hydrogen-bond donors (Lipinski definition) is 1. The van der Waals surface area contributed by atoms with Crippen LogP contribution >= 0.6 is 11.3 Å². The van der Waals surface area contributed by atoms with Crippen LogP contribution in [0.2, 0.25) is 0 Å². The molecule has 1 heterocycles. The van der Waals surface area contributed by atoms with Crippen molar-refractivity contribution in [3.8, 4) is 16.2 Å². The summed E-state index contributed by atoms with van der Waals surface area (Å²) in [6.07, 6.45) is 0.454. The number of phenolic OH excluding ortho intramolecular Hbond substituents is 1. The summed E-state index contributed by atoms with van der Waals surface area (Å²) in [5.74, 6) is -1.38. The molecule has 0 atom stereocenters. The first-order valence-corrected chi connectivity index (χ1v) is 6.47. The molecule has 0 radical (unpaired) electrons. The number of aldehydes is 1. The third-order valence-corrected chi connectivity index (χ3v) is 4.10. The molecular weight excluding hydrogens is 263 g/mol. The molecule has 0 aliphatic rings. The van der Waals surface area contributed by atoms with Gasteiger partial charge in [0.25, 0.3) is 0 Å². The monoisotopic (exact) mass is 272 g/mol. The van der Waals surface area contributed by atoms with Gasteiger partial charge in [0.05, 0.1) is 5.56 Å². The molecule has 0 bridgehead atoms. The highest BCUT2D eigenvalue weighted by Gasteiger charge is 2.12. The highest BCUT2D eigenvalue weighted by Crippen LogP contribution is 2.35. The number of phenols is 1. The number of aromatic hydroxyl groups is 1. The summed E-state index contributed by atoms with van der Waals surface area (Å²) in [4.78, 5) is 11.7. The Kier molecular flexibility index (Phi) is 2.80. The molecule has 1 aromatic heterocycles. The molecule has 0 amide bonds. The second-order valence-electron chi connectivity index (χ2n) is 4.16. The van der Waals surface area contributed by atoms with E-state index < -0.39 is 11.6 Å². The Balaban J connectivity index is 2.21. The van der Waals surface area contributed by atoms with Gasteiger partial charge in [0.15, 0.2) is 17.9 Å². The number of hydrogen-bond acceptors (Lipinski definition) is 3. The smallest absolute Gasteiger partial charge is 0.166 e. The Morgan fingerprint density at radius 1 is 1.16 bits per heavy atom. The quantitative estimate of drug-likeness (QED) is 0.709. The second kappa shape index (κ2) is 4.48. The van der Waals surface area contributed by atoms with Crippen LogP contribution in [0.1, 0.15) is 10.4 Å². The van der Waals surface area contributed by atoms with Crippen molar-refractivity contribution in [3.63, 3.8) is 0 Å². The molecular formula is C15H9FO2S. The zero-order valence-corrected chi connectivity index (χ0v) is 10.6. The summed E-state index contributed by atoms with van der Waals surface area (Å²) >= 11 is 1.52. The van der Waals surface area contributed by atoms with Gasteiger partial charge >= 0.3 is 0 Å². The van der Waals surface area contributed by atoms with Gasteiger partial charge in [-0.25, -0.2) is 4.39 Å². The molecule has 19 heavy (non-hydrogen) atoms. The van der Waals surface area contributed by atoms with E-state index in [0.29, 0.717) is 11.8 Å². The van der Waals surface area contributed by atoms with E-state index in [0.717, 1.165) is 15.0 Å². The van der Waals surface area contributed by atoms with Gasteiger partial charge in [-0.1, -0.05) is 18.2 Å². The van der Waals surface area contributed by atoms with Crippen molar-refractivity contribution in [1.82, 2.24) is 0 Å². The molecule has 94 valence electrons. The fourth-order valence-electron chi connectivity index (χ4n) is 1.98. The zero-order chi connectivity index (χ0) is 13.4. The Labute approximate surface area is 112 Å². The van der Waals surface area contributed by atoms with Crippen LogP contribution in [0.5, 0.6) is 5.75 Å². The molecule has 3 aromatic rings. The minimum atomic E-state index is -0.781. The molecule has 0 unspecified atom stereocenters. The first-order valence-electron chi connectivity index (χ1n) is 5.65. The summed E-state index contributed by atoms with van der Waals surface area (Å²) in [5, 5.41) is 10.5. The van der Waals surface area contributed by atoms with Gasteiger partial charge in [-0.05, 0) is 35.2 Å². The average molecular weight is 272 g/mol. The van der Waals surface area contributed by atoms with E-state index in [2.05, 4.69) is 0 Å². The van der Waals surface area contributed by atoms with E-state index in [9.17, 15) is 14.3 Å². The number of carbonyl (C=O) groups is 1. The van der Waals surface area contributed by atoms with Crippen LogP contribution in [0.4, 0.5) is 4.39 Å². The topological polar surface area (TPSA) is 37.3 Å². The molecule has 0 aliphatic carbocycles. The van der Waals surface area contributed by atoms with E-state index >= 15 is 0 Å². The first-order chi connectivity index (χ1) is 9.19. The van der Waals surface area contributed by atoms with Gasteiger partial charge in [-0.15, -0.1) is 11.3 Å². The normalized spacial score (nSPS) is 10.8. The maximum atomic E-state index is 13.6.